The molecule has 0 fully saturated rings. The smallest absolute Gasteiger partial charge is 0.241 e. The highest BCUT2D eigenvalue weighted by molar-refractivity contribution is 7.89. The molecule has 1 atom stereocenters. The van der Waals surface area contributed by atoms with E-state index in [0.717, 1.165) is 6.42 Å². The van der Waals surface area contributed by atoms with Crippen LogP contribution in [-0.4, -0.2) is 14.5 Å². The van der Waals surface area contributed by atoms with Crippen molar-refractivity contribution in [3.8, 4) is 0 Å². The number of hydrogen-bond donors (Lipinski definition) is 2. The van der Waals surface area contributed by atoms with Crippen molar-refractivity contribution in [1.29, 1.82) is 0 Å². The van der Waals surface area contributed by atoms with Crippen molar-refractivity contribution in [2.45, 2.75) is 45.1 Å². The van der Waals surface area contributed by atoms with Gasteiger partial charge in [0.05, 0.1) is 15.6 Å². The molecule has 19 heavy (non-hydrogen) atoms. The van der Waals surface area contributed by atoms with E-state index in [1.165, 1.54) is 6.07 Å². The Bertz CT molecular complexity index is 556. The highest BCUT2D eigenvalue weighted by atomic mass is 35.5. The monoisotopic (exact) mass is 304 g/mol. The molecule has 0 aromatic heterocycles. The molecule has 3 N–H and O–H groups in total. The molecule has 0 spiro atoms. The summed E-state index contributed by atoms with van der Waals surface area (Å²) < 4.78 is 27.5. The van der Waals surface area contributed by atoms with Crippen LogP contribution in [0.25, 0.3) is 0 Å². The summed E-state index contributed by atoms with van der Waals surface area (Å²) in [6.07, 6.45) is 0.735. The fourth-order valence-electron chi connectivity index (χ4n) is 1.91. The third kappa shape index (κ3) is 3.84. The van der Waals surface area contributed by atoms with E-state index in [1.54, 1.807) is 13.0 Å². The Morgan fingerprint density at radius 3 is 2.42 bits per heavy atom. The van der Waals surface area contributed by atoms with Crippen molar-refractivity contribution >= 4 is 27.3 Å². The van der Waals surface area contributed by atoms with Gasteiger partial charge in [-0.1, -0.05) is 32.4 Å². The number of aryl methyl sites for hydroxylation is 1. The molecule has 0 aliphatic rings. The summed E-state index contributed by atoms with van der Waals surface area (Å²) in [5, 5.41) is 0.368. The number of halogens is 1. The molecule has 108 valence electrons. The molecule has 1 aromatic rings. The van der Waals surface area contributed by atoms with E-state index >= 15 is 0 Å². The highest BCUT2D eigenvalue weighted by Crippen LogP contribution is 2.26. The molecule has 0 amide bonds. The number of nitrogens with one attached hydrogen (secondary N) is 1. The number of hydrogen-bond acceptors (Lipinski definition) is 3. The van der Waals surface area contributed by atoms with E-state index < -0.39 is 10.0 Å². The van der Waals surface area contributed by atoms with Crippen LogP contribution in [0.4, 0.5) is 5.69 Å². The number of anilines is 1. The standard InChI is InChI=1S/C13H21ClN2O2S/c1-5-12(8(2)3)16-19(17,18)13-7-11(15)10(14)6-9(13)4/h6-8,12,16H,5,15H2,1-4H3. The second-order valence-electron chi connectivity index (χ2n) is 5.02. The van der Waals surface area contributed by atoms with E-state index in [2.05, 4.69) is 4.72 Å². The van der Waals surface area contributed by atoms with Gasteiger partial charge in [0.15, 0.2) is 0 Å². The first kappa shape index (κ1) is 16.3. The lowest BCUT2D eigenvalue weighted by Crippen LogP contribution is -2.38. The average Bonchev–Trinajstić information content (AvgIpc) is 2.30. The van der Waals surface area contributed by atoms with Crippen molar-refractivity contribution in [1.82, 2.24) is 4.72 Å². The van der Waals surface area contributed by atoms with Crippen LogP contribution in [0.15, 0.2) is 17.0 Å². The minimum atomic E-state index is -3.58. The maximum Gasteiger partial charge on any atom is 0.241 e. The number of rotatable bonds is 5. The molecule has 0 radical (unpaired) electrons. The van der Waals surface area contributed by atoms with Gasteiger partial charge >= 0.3 is 0 Å². The summed E-state index contributed by atoms with van der Waals surface area (Å²) in [7, 11) is -3.58. The molecule has 0 bridgehead atoms. The van der Waals surface area contributed by atoms with E-state index in [9.17, 15) is 8.42 Å². The van der Waals surface area contributed by atoms with Gasteiger partial charge in [-0.15, -0.1) is 0 Å². The molecule has 0 heterocycles. The van der Waals surface area contributed by atoms with Crippen LogP contribution < -0.4 is 10.5 Å². The quantitative estimate of drug-likeness (QED) is 0.822. The van der Waals surface area contributed by atoms with Gasteiger partial charge in [0.2, 0.25) is 10.0 Å². The summed E-state index contributed by atoms with van der Waals surface area (Å²) in [5.74, 6) is 0.227. The zero-order valence-electron chi connectivity index (χ0n) is 11.7. The van der Waals surface area contributed by atoms with Crippen LogP contribution in [0.1, 0.15) is 32.8 Å². The maximum atomic E-state index is 12.4. The van der Waals surface area contributed by atoms with E-state index in [0.29, 0.717) is 10.6 Å². The lowest BCUT2D eigenvalue weighted by molar-refractivity contribution is 0.437. The van der Waals surface area contributed by atoms with Crippen molar-refractivity contribution < 1.29 is 8.42 Å². The zero-order valence-corrected chi connectivity index (χ0v) is 13.3. The third-order valence-electron chi connectivity index (χ3n) is 3.13. The molecule has 1 aromatic carbocycles. The van der Waals surface area contributed by atoms with Crippen LogP contribution in [0.3, 0.4) is 0 Å². The van der Waals surface area contributed by atoms with E-state index in [4.69, 9.17) is 17.3 Å². The minimum absolute atomic E-state index is 0.0960. The summed E-state index contributed by atoms with van der Waals surface area (Å²) in [5.41, 5.74) is 6.54. The molecule has 4 nitrogen and oxygen atoms in total. The third-order valence-corrected chi connectivity index (χ3v) is 5.09. The van der Waals surface area contributed by atoms with Crippen molar-refractivity contribution in [3.63, 3.8) is 0 Å². The van der Waals surface area contributed by atoms with Gasteiger partial charge < -0.3 is 5.73 Å². The van der Waals surface area contributed by atoms with Gasteiger partial charge in [0.25, 0.3) is 0 Å². The van der Waals surface area contributed by atoms with Crippen molar-refractivity contribution in [3.05, 3.63) is 22.7 Å². The average molecular weight is 305 g/mol. The lowest BCUT2D eigenvalue weighted by Gasteiger charge is -2.21. The Morgan fingerprint density at radius 1 is 1.37 bits per heavy atom. The molecular weight excluding hydrogens is 284 g/mol. The first-order valence-corrected chi connectivity index (χ1v) is 8.13. The minimum Gasteiger partial charge on any atom is -0.397 e. The van der Waals surface area contributed by atoms with E-state index in [-0.39, 0.29) is 22.5 Å². The number of sulfonamides is 1. The van der Waals surface area contributed by atoms with Crippen LogP contribution in [0.2, 0.25) is 5.02 Å². The second-order valence-corrected chi connectivity index (χ2v) is 7.11. The van der Waals surface area contributed by atoms with Crippen molar-refractivity contribution in [2.24, 2.45) is 5.92 Å². The fourth-order valence-corrected chi connectivity index (χ4v) is 3.86. The topological polar surface area (TPSA) is 72.2 Å². The Hall–Kier alpha value is -0.780. The predicted molar refractivity (Wildman–Crippen MR) is 79.8 cm³/mol. The Labute approximate surface area is 120 Å². The van der Waals surface area contributed by atoms with Gasteiger partial charge in [-0.05, 0) is 37.0 Å². The van der Waals surface area contributed by atoms with Gasteiger partial charge in [-0.25, -0.2) is 13.1 Å². The Balaban J connectivity index is 3.17. The second kappa shape index (κ2) is 6.11. The first-order chi connectivity index (χ1) is 8.69. The lowest BCUT2D eigenvalue weighted by atomic mass is 10.0. The van der Waals surface area contributed by atoms with Crippen LogP contribution in [0.5, 0.6) is 0 Å². The SMILES string of the molecule is CCC(NS(=O)(=O)c1cc(N)c(Cl)cc1C)C(C)C. The maximum absolute atomic E-state index is 12.4. The zero-order chi connectivity index (χ0) is 14.8. The van der Waals surface area contributed by atoms with Gasteiger partial charge in [-0.3, -0.25) is 0 Å². The van der Waals surface area contributed by atoms with Crippen LogP contribution in [-0.2, 0) is 10.0 Å². The number of nitrogen functional groups attached to an aromatic ring is 1. The Morgan fingerprint density at radius 2 is 1.95 bits per heavy atom. The summed E-state index contributed by atoms with van der Waals surface area (Å²) in [6, 6.07) is 2.88. The van der Waals surface area contributed by atoms with Gasteiger partial charge in [-0.2, -0.15) is 0 Å². The summed E-state index contributed by atoms with van der Waals surface area (Å²) >= 11 is 5.88. The van der Waals surface area contributed by atoms with Crippen LogP contribution >= 0.6 is 11.6 Å². The largest absolute Gasteiger partial charge is 0.397 e. The van der Waals surface area contributed by atoms with E-state index in [1.807, 2.05) is 20.8 Å². The highest BCUT2D eigenvalue weighted by Gasteiger charge is 2.23. The fraction of sp³-hybridized carbons (Fsp3) is 0.538. The number of nitrogens with two attached hydrogens (primary N) is 1. The molecule has 0 aliphatic carbocycles. The normalized spacial score (nSPS) is 13.8. The molecule has 0 saturated heterocycles. The Kier molecular flexibility index (Phi) is 5.24. The summed E-state index contributed by atoms with van der Waals surface area (Å²) in [4.78, 5) is 0.188. The van der Waals surface area contributed by atoms with Gasteiger partial charge in [0.1, 0.15) is 0 Å². The molecule has 0 saturated carbocycles. The summed E-state index contributed by atoms with van der Waals surface area (Å²) in [6.45, 7) is 7.63. The number of benzene rings is 1. The molecule has 0 aliphatic heterocycles. The molecule has 1 rings (SSSR count). The first-order valence-electron chi connectivity index (χ1n) is 6.27. The molecular formula is C13H21ClN2O2S. The predicted octanol–water partition coefficient (Wildman–Crippen LogP) is 2.94. The van der Waals surface area contributed by atoms with Crippen molar-refractivity contribution in [2.75, 3.05) is 5.73 Å². The molecule has 6 heteroatoms. The van der Waals surface area contributed by atoms with Gasteiger partial charge in [0, 0.05) is 6.04 Å². The van der Waals surface area contributed by atoms with Crippen LogP contribution in [0, 0.1) is 12.8 Å². The molecule has 1 unspecified atom stereocenters.